The van der Waals surface area contributed by atoms with Gasteiger partial charge in [-0.3, -0.25) is 4.79 Å². The standard InChI is InChI=1S/C20H22N2O2S/c1-12(2)14-11-16(13(3)10-17(14)23)21-19(24)8-9-20-22-15-6-4-5-7-18(15)25-20/h4-7,10-12,23H,8-9H2,1-3H3,(H,21,24). The molecule has 130 valence electrons. The van der Waals surface area contributed by atoms with Crippen LogP contribution in [0.1, 0.15) is 42.3 Å². The van der Waals surface area contributed by atoms with Crippen LogP contribution in [0.2, 0.25) is 0 Å². The molecular weight excluding hydrogens is 332 g/mol. The highest BCUT2D eigenvalue weighted by Gasteiger charge is 2.13. The summed E-state index contributed by atoms with van der Waals surface area (Å²) in [5.74, 6) is 0.432. The number of hydrogen-bond donors (Lipinski definition) is 2. The SMILES string of the molecule is Cc1cc(O)c(C(C)C)cc1NC(=O)CCc1nc2ccccc2s1. The van der Waals surface area contributed by atoms with Crippen LogP contribution in [0.4, 0.5) is 5.69 Å². The fourth-order valence-corrected chi connectivity index (χ4v) is 3.73. The van der Waals surface area contributed by atoms with Gasteiger partial charge in [0.05, 0.1) is 15.2 Å². The van der Waals surface area contributed by atoms with Crippen molar-refractivity contribution in [2.45, 2.75) is 39.5 Å². The molecule has 25 heavy (non-hydrogen) atoms. The zero-order valence-electron chi connectivity index (χ0n) is 14.7. The number of rotatable bonds is 5. The van der Waals surface area contributed by atoms with E-state index in [0.717, 1.165) is 32.0 Å². The van der Waals surface area contributed by atoms with Crippen molar-refractivity contribution >= 4 is 33.1 Å². The molecule has 2 N–H and O–H groups in total. The Bertz CT molecular complexity index is 882. The summed E-state index contributed by atoms with van der Waals surface area (Å²) < 4.78 is 1.15. The minimum absolute atomic E-state index is 0.0391. The normalized spacial score (nSPS) is 11.2. The van der Waals surface area contributed by atoms with Gasteiger partial charge in [0, 0.05) is 18.5 Å². The number of aromatic hydroxyl groups is 1. The minimum atomic E-state index is -0.0391. The topological polar surface area (TPSA) is 62.2 Å². The third-order valence-electron chi connectivity index (χ3n) is 4.17. The van der Waals surface area contributed by atoms with E-state index in [2.05, 4.69) is 10.3 Å². The number of hydrogen-bond acceptors (Lipinski definition) is 4. The van der Waals surface area contributed by atoms with Gasteiger partial charge in [-0.15, -0.1) is 11.3 Å². The number of thiazole rings is 1. The molecule has 4 nitrogen and oxygen atoms in total. The second kappa shape index (κ2) is 7.23. The highest BCUT2D eigenvalue weighted by atomic mass is 32.1. The maximum absolute atomic E-state index is 12.3. The molecule has 5 heteroatoms. The highest BCUT2D eigenvalue weighted by Crippen LogP contribution is 2.31. The summed E-state index contributed by atoms with van der Waals surface area (Å²) in [4.78, 5) is 16.9. The average molecular weight is 354 g/mol. The Hall–Kier alpha value is -2.40. The van der Waals surface area contributed by atoms with E-state index < -0.39 is 0 Å². The van der Waals surface area contributed by atoms with Gasteiger partial charge in [-0.25, -0.2) is 4.98 Å². The van der Waals surface area contributed by atoms with E-state index in [1.807, 2.05) is 51.1 Å². The number of carbonyl (C=O) groups is 1. The number of para-hydroxylation sites is 1. The van der Waals surface area contributed by atoms with Crippen molar-refractivity contribution in [1.82, 2.24) is 4.98 Å². The van der Waals surface area contributed by atoms with E-state index >= 15 is 0 Å². The number of amides is 1. The van der Waals surface area contributed by atoms with Crippen molar-refractivity contribution in [1.29, 1.82) is 0 Å². The van der Waals surface area contributed by atoms with Gasteiger partial charge in [0.15, 0.2) is 0 Å². The Labute approximate surface area is 151 Å². The largest absolute Gasteiger partial charge is 0.508 e. The summed E-state index contributed by atoms with van der Waals surface area (Å²) >= 11 is 1.63. The van der Waals surface area contributed by atoms with Gasteiger partial charge in [-0.1, -0.05) is 26.0 Å². The first-order chi connectivity index (χ1) is 11.9. The molecule has 2 aromatic carbocycles. The number of aromatic nitrogens is 1. The van der Waals surface area contributed by atoms with Crippen LogP contribution >= 0.6 is 11.3 Å². The van der Waals surface area contributed by atoms with Gasteiger partial charge in [0.2, 0.25) is 5.91 Å². The van der Waals surface area contributed by atoms with E-state index in [4.69, 9.17) is 0 Å². The molecule has 0 bridgehead atoms. The Morgan fingerprint density at radius 1 is 1.28 bits per heavy atom. The van der Waals surface area contributed by atoms with E-state index in [1.165, 1.54) is 0 Å². The van der Waals surface area contributed by atoms with Crippen LogP contribution < -0.4 is 5.32 Å². The second-order valence-corrected chi connectivity index (χ2v) is 7.62. The average Bonchev–Trinajstić information content (AvgIpc) is 2.98. The van der Waals surface area contributed by atoms with Crippen molar-refractivity contribution in [3.63, 3.8) is 0 Å². The van der Waals surface area contributed by atoms with Crippen molar-refractivity contribution in [3.05, 3.63) is 52.5 Å². The summed E-state index contributed by atoms with van der Waals surface area (Å²) in [5.41, 5.74) is 3.44. The number of phenolic OH excluding ortho intramolecular Hbond substituents is 1. The van der Waals surface area contributed by atoms with E-state index in [9.17, 15) is 9.90 Å². The lowest BCUT2D eigenvalue weighted by Crippen LogP contribution is -2.13. The van der Waals surface area contributed by atoms with Crippen LogP contribution in [0.25, 0.3) is 10.2 Å². The lowest BCUT2D eigenvalue weighted by molar-refractivity contribution is -0.116. The van der Waals surface area contributed by atoms with Crippen molar-refractivity contribution < 1.29 is 9.90 Å². The number of nitrogens with zero attached hydrogens (tertiary/aromatic N) is 1. The van der Waals surface area contributed by atoms with Crippen LogP contribution in [0.15, 0.2) is 36.4 Å². The summed E-state index contributed by atoms with van der Waals surface area (Å²) in [7, 11) is 0. The van der Waals surface area contributed by atoms with Gasteiger partial charge >= 0.3 is 0 Å². The van der Waals surface area contributed by atoms with E-state index in [1.54, 1.807) is 17.4 Å². The fraction of sp³-hybridized carbons (Fsp3) is 0.300. The molecule has 0 spiro atoms. The van der Waals surface area contributed by atoms with E-state index in [-0.39, 0.29) is 17.6 Å². The van der Waals surface area contributed by atoms with Gasteiger partial charge in [-0.2, -0.15) is 0 Å². The molecule has 0 fully saturated rings. The maximum atomic E-state index is 12.3. The number of fused-ring (bicyclic) bond motifs is 1. The third kappa shape index (κ3) is 3.99. The van der Waals surface area contributed by atoms with Gasteiger partial charge in [0.25, 0.3) is 0 Å². The van der Waals surface area contributed by atoms with Crippen molar-refractivity contribution in [3.8, 4) is 5.75 Å². The Morgan fingerprint density at radius 2 is 2.04 bits per heavy atom. The molecular formula is C20H22N2O2S. The molecule has 0 saturated carbocycles. The number of nitrogens with one attached hydrogen (secondary N) is 1. The number of anilines is 1. The van der Waals surface area contributed by atoms with Crippen LogP contribution in [0.5, 0.6) is 5.75 Å². The summed E-state index contributed by atoms with van der Waals surface area (Å²) in [6.45, 7) is 5.92. The smallest absolute Gasteiger partial charge is 0.224 e. The maximum Gasteiger partial charge on any atom is 0.224 e. The van der Waals surface area contributed by atoms with Crippen molar-refractivity contribution in [2.75, 3.05) is 5.32 Å². The van der Waals surface area contributed by atoms with Gasteiger partial charge < -0.3 is 10.4 Å². The number of carbonyl (C=O) groups excluding carboxylic acids is 1. The molecule has 3 rings (SSSR count). The van der Waals surface area contributed by atoms with E-state index in [0.29, 0.717) is 12.8 Å². The predicted molar refractivity (Wildman–Crippen MR) is 104 cm³/mol. The first kappa shape index (κ1) is 17.4. The molecule has 0 atom stereocenters. The van der Waals surface area contributed by atoms with Crippen LogP contribution in [0, 0.1) is 6.92 Å². The molecule has 0 unspecified atom stereocenters. The molecule has 0 saturated heterocycles. The first-order valence-corrected chi connectivity index (χ1v) is 9.23. The quantitative estimate of drug-likeness (QED) is 0.634. The Balaban J connectivity index is 1.67. The van der Waals surface area contributed by atoms with Crippen LogP contribution in [-0.2, 0) is 11.2 Å². The molecule has 1 aromatic heterocycles. The Morgan fingerprint density at radius 3 is 2.76 bits per heavy atom. The molecule has 0 radical (unpaired) electrons. The Kier molecular flexibility index (Phi) is 5.04. The van der Waals surface area contributed by atoms with Gasteiger partial charge in [0.1, 0.15) is 5.75 Å². The van der Waals surface area contributed by atoms with Gasteiger partial charge in [-0.05, 0) is 48.2 Å². The minimum Gasteiger partial charge on any atom is -0.508 e. The number of benzene rings is 2. The van der Waals surface area contributed by atoms with Crippen LogP contribution in [-0.4, -0.2) is 16.0 Å². The zero-order valence-corrected chi connectivity index (χ0v) is 15.5. The first-order valence-electron chi connectivity index (χ1n) is 8.42. The second-order valence-electron chi connectivity index (χ2n) is 6.50. The molecule has 0 aliphatic rings. The summed E-state index contributed by atoms with van der Waals surface area (Å²) in [6, 6.07) is 11.6. The summed E-state index contributed by atoms with van der Waals surface area (Å²) in [6.07, 6.45) is 1.01. The third-order valence-corrected chi connectivity index (χ3v) is 5.27. The molecule has 1 heterocycles. The lowest BCUT2D eigenvalue weighted by Gasteiger charge is -2.14. The molecule has 0 aliphatic carbocycles. The molecule has 3 aromatic rings. The monoisotopic (exact) mass is 354 g/mol. The lowest BCUT2D eigenvalue weighted by atomic mass is 9.99. The molecule has 0 aliphatic heterocycles. The van der Waals surface area contributed by atoms with Crippen molar-refractivity contribution in [2.24, 2.45) is 0 Å². The van der Waals surface area contributed by atoms with Crippen LogP contribution in [0.3, 0.4) is 0 Å². The highest BCUT2D eigenvalue weighted by molar-refractivity contribution is 7.18. The molecule has 1 amide bonds. The zero-order chi connectivity index (χ0) is 18.0. The number of aryl methyl sites for hydroxylation is 2. The number of phenols is 1. The summed E-state index contributed by atoms with van der Waals surface area (Å²) in [5, 5.41) is 14.0. The predicted octanol–water partition coefficient (Wildman–Crippen LogP) is 5.01. The fourth-order valence-electron chi connectivity index (χ4n) is 2.77.